The van der Waals surface area contributed by atoms with E-state index in [-0.39, 0.29) is 0 Å². The van der Waals surface area contributed by atoms with Crippen molar-refractivity contribution in [1.82, 2.24) is 19.6 Å². The summed E-state index contributed by atoms with van der Waals surface area (Å²) in [5, 5.41) is 12.2. The molecule has 2 heterocycles. The highest BCUT2D eigenvalue weighted by atomic mass is 15.3. The van der Waals surface area contributed by atoms with Gasteiger partial charge in [-0.3, -0.25) is 9.36 Å². The van der Waals surface area contributed by atoms with E-state index in [4.69, 9.17) is 0 Å². The fraction of sp³-hybridized carbons (Fsp3) is 0.538. The minimum absolute atomic E-state index is 0.398. The summed E-state index contributed by atoms with van der Waals surface area (Å²) in [4.78, 5) is 0. The highest BCUT2D eigenvalue weighted by molar-refractivity contribution is 5.37. The third kappa shape index (κ3) is 2.55. The summed E-state index contributed by atoms with van der Waals surface area (Å²) in [5.74, 6) is 0.909. The molecular formula is C13H21N5. The molecule has 98 valence electrons. The lowest BCUT2D eigenvalue weighted by Gasteiger charge is -2.03. The molecule has 0 aliphatic rings. The van der Waals surface area contributed by atoms with Gasteiger partial charge in [-0.2, -0.15) is 10.2 Å². The van der Waals surface area contributed by atoms with Crippen molar-refractivity contribution < 1.29 is 0 Å². The van der Waals surface area contributed by atoms with E-state index in [1.807, 2.05) is 36.3 Å². The van der Waals surface area contributed by atoms with Gasteiger partial charge in [0.15, 0.2) is 0 Å². The summed E-state index contributed by atoms with van der Waals surface area (Å²) in [6.45, 7) is 9.10. The van der Waals surface area contributed by atoms with E-state index in [0.29, 0.717) is 6.04 Å². The highest BCUT2D eigenvalue weighted by Crippen LogP contribution is 2.13. The number of aromatic nitrogens is 4. The van der Waals surface area contributed by atoms with Gasteiger partial charge in [0, 0.05) is 43.2 Å². The Morgan fingerprint density at radius 2 is 2.00 bits per heavy atom. The summed E-state index contributed by atoms with van der Waals surface area (Å²) >= 11 is 0. The van der Waals surface area contributed by atoms with Crippen LogP contribution in [0.4, 0.5) is 5.82 Å². The molecule has 2 rings (SSSR count). The molecule has 5 heteroatoms. The minimum atomic E-state index is 0.398. The first-order valence-corrected chi connectivity index (χ1v) is 6.26. The standard InChI is InChI=1S/C13H21N5/c1-9(2)18-8-12(11(4)15-18)7-14-13-6-10(3)17(5)16-13/h6,8-9H,7H2,1-5H3,(H,14,16). The summed E-state index contributed by atoms with van der Waals surface area (Å²) in [5.41, 5.74) is 3.43. The average Bonchev–Trinajstić information content (AvgIpc) is 2.81. The molecule has 0 spiro atoms. The zero-order valence-electron chi connectivity index (χ0n) is 11.7. The Hall–Kier alpha value is -1.78. The van der Waals surface area contributed by atoms with Crippen LogP contribution in [0.25, 0.3) is 0 Å². The van der Waals surface area contributed by atoms with Crippen LogP contribution in [-0.4, -0.2) is 19.6 Å². The van der Waals surface area contributed by atoms with E-state index in [1.165, 1.54) is 5.56 Å². The lowest BCUT2D eigenvalue weighted by atomic mass is 10.2. The van der Waals surface area contributed by atoms with Crippen molar-refractivity contribution in [2.24, 2.45) is 7.05 Å². The third-order valence-electron chi connectivity index (χ3n) is 3.12. The van der Waals surface area contributed by atoms with Crippen LogP contribution < -0.4 is 5.32 Å². The van der Waals surface area contributed by atoms with E-state index in [1.54, 1.807) is 0 Å². The van der Waals surface area contributed by atoms with Gasteiger partial charge in [0.2, 0.25) is 0 Å². The topological polar surface area (TPSA) is 47.7 Å². The molecule has 0 aliphatic carbocycles. The molecule has 0 aromatic carbocycles. The van der Waals surface area contributed by atoms with Crippen LogP contribution >= 0.6 is 0 Å². The molecule has 18 heavy (non-hydrogen) atoms. The van der Waals surface area contributed by atoms with Gasteiger partial charge in [-0.05, 0) is 27.7 Å². The fourth-order valence-electron chi connectivity index (χ4n) is 1.79. The van der Waals surface area contributed by atoms with E-state index < -0.39 is 0 Å². The Bertz CT molecular complexity index is 516. The maximum atomic E-state index is 4.50. The van der Waals surface area contributed by atoms with E-state index >= 15 is 0 Å². The molecule has 0 saturated carbocycles. The first kappa shape index (κ1) is 12.7. The van der Waals surface area contributed by atoms with Crippen LogP contribution in [0.1, 0.15) is 36.8 Å². The van der Waals surface area contributed by atoms with Crippen molar-refractivity contribution in [3.8, 4) is 0 Å². The first-order chi connectivity index (χ1) is 8.47. The van der Waals surface area contributed by atoms with Gasteiger partial charge < -0.3 is 5.32 Å². The Morgan fingerprint density at radius 3 is 2.50 bits per heavy atom. The van der Waals surface area contributed by atoms with Crippen molar-refractivity contribution in [2.45, 2.75) is 40.3 Å². The van der Waals surface area contributed by atoms with Crippen LogP contribution in [0.3, 0.4) is 0 Å². The molecule has 1 N–H and O–H groups in total. The lowest BCUT2D eigenvalue weighted by Crippen LogP contribution is -2.02. The second-order valence-electron chi connectivity index (χ2n) is 4.96. The van der Waals surface area contributed by atoms with Crippen LogP contribution in [0, 0.1) is 13.8 Å². The van der Waals surface area contributed by atoms with Gasteiger partial charge in [-0.25, -0.2) is 0 Å². The van der Waals surface area contributed by atoms with Crippen molar-refractivity contribution in [1.29, 1.82) is 0 Å². The fourth-order valence-corrected chi connectivity index (χ4v) is 1.79. The molecule has 2 aromatic rings. The van der Waals surface area contributed by atoms with E-state index in [2.05, 4.69) is 35.6 Å². The monoisotopic (exact) mass is 247 g/mol. The largest absolute Gasteiger partial charge is 0.364 e. The van der Waals surface area contributed by atoms with Crippen LogP contribution in [-0.2, 0) is 13.6 Å². The number of hydrogen-bond donors (Lipinski definition) is 1. The third-order valence-corrected chi connectivity index (χ3v) is 3.12. The Morgan fingerprint density at radius 1 is 1.28 bits per heavy atom. The molecule has 0 fully saturated rings. The van der Waals surface area contributed by atoms with Gasteiger partial charge in [-0.1, -0.05) is 0 Å². The quantitative estimate of drug-likeness (QED) is 0.902. The average molecular weight is 247 g/mol. The van der Waals surface area contributed by atoms with Gasteiger partial charge in [0.05, 0.1) is 5.69 Å². The van der Waals surface area contributed by atoms with Gasteiger partial charge in [0.1, 0.15) is 5.82 Å². The second kappa shape index (κ2) is 4.84. The predicted octanol–water partition coefficient (Wildman–Crippen LogP) is 2.43. The predicted molar refractivity (Wildman–Crippen MR) is 72.6 cm³/mol. The maximum absolute atomic E-state index is 4.50. The number of hydrogen-bond acceptors (Lipinski definition) is 3. The SMILES string of the molecule is Cc1nn(C(C)C)cc1CNc1cc(C)n(C)n1. The van der Waals surface area contributed by atoms with Crippen LogP contribution in [0.15, 0.2) is 12.3 Å². The van der Waals surface area contributed by atoms with E-state index in [9.17, 15) is 0 Å². The number of rotatable bonds is 4. The Balaban J connectivity index is 2.06. The van der Waals surface area contributed by atoms with Crippen LogP contribution in [0.5, 0.6) is 0 Å². The molecular weight excluding hydrogens is 226 g/mol. The first-order valence-electron chi connectivity index (χ1n) is 6.26. The van der Waals surface area contributed by atoms with Gasteiger partial charge >= 0.3 is 0 Å². The summed E-state index contributed by atoms with van der Waals surface area (Å²) in [6, 6.07) is 2.44. The van der Waals surface area contributed by atoms with Crippen LogP contribution in [0.2, 0.25) is 0 Å². The molecule has 5 nitrogen and oxygen atoms in total. The number of anilines is 1. The summed E-state index contributed by atoms with van der Waals surface area (Å²) in [6.07, 6.45) is 2.10. The zero-order chi connectivity index (χ0) is 13.3. The van der Waals surface area contributed by atoms with Crippen molar-refractivity contribution in [3.05, 3.63) is 29.2 Å². The molecule has 0 amide bonds. The molecule has 0 radical (unpaired) electrons. The Labute approximate surface area is 108 Å². The number of nitrogens with zero attached hydrogens (tertiary/aromatic N) is 4. The second-order valence-corrected chi connectivity index (χ2v) is 4.96. The maximum Gasteiger partial charge on any atom is 0.148 e. The molecule has 0 unspecified atom stereocenters. The van der Waals surface area contributed by atoms with Gasteiger partial charge in [-0.15, -0.1) is 0 Å². The molecule has 0 atom stereocenters. The lowest BCUT2D eigenvalue weighted by molar-refractivity contribution is 0.529. The molecule has 0 aliphatic heterocycles. The molecule has 2 aromatic heterocycles. The van der Waals surface area contributed by atoms with Crippen molar-refractivity contribution in [2.75, 3.05) is 5.32 Å². The van der Waals surface area contributed by atoms with E-state index in [0.717, 1.165) is 23.8 Å². The molecule has 0 bridgehead atoms. The Kier molecular flexibility index (Phi) is 3.41. The molecule has 0 saturated heterocycles. The summed E-state index contributed by atoms with van der Waals surface area (Å²) in [7, 11) is 1.95. The smallest absolute Gasteiger partial charge is 0.148 e. The number of aryl methyl sites for hydroxylation is 3. The minimum Gasteiger partial charge on any atom is -0.364 e. The van der Waals surface area contributed by atoms with Crippen molar-refractivity contribution >= 4 is 5.82 Å². The number of nitrogens with one attached hydrogen (secondary N) is 1. The zero-order valence-corrected chi connectivity index (χ0v) is 11.7. The van der Waals surface area contributed by atoms with Crippen molar-refractivity contribution in [3.63, 3.8) is 0 Å². The highest BCUT2D eigenvalue weighted by Gasteiger charge is 2.07. The normalized spacial score (nSPS) is 11.2. The summed E-state index contributed by atoms with van der Waals surface area (Å²) < 4.78 is 3.86. The van der Waals surface area contributed by atoms with Gasteiger partial charge in [0.25, 0.3) is 0 Å².